The van der Waals surface area contributed by atoms with Crippen LogP contribution in [-0.4, -0.2) is 42.8 Å². The van der Waals surface area contributed by atoms with Gasteiger partial charge in [0.1, 0.15) is 12.3 Å². The molecule has 0 radical (unpaired) electrons. The maximum Gasteiger partial charge on any atom is 0.141 e. The second-order valence-electron chi connectivity index (χ2n) is 4.81. The average Bonchev–Trinajstić information content (AvgIpc) is 2.87. The maximum absolute atomic E-state index is 5.63. The van der Waals surface area contributed by atoms with Crippen molar-refractivity contribution in [2.45, 2.75) is 38.0 Å². The van der Waals surface area contributed by atoms with Crippen LogP contribution in [0.3, 0.4) is 0 Å². The smallest absolute Gasteiger partial charge is 0.141 e. The third kappa shape index (κ3) is 1.47. The molecule has 0 aliphatic carbocycles. The molecule has 3 aliphatic rings. The SMILES string of the molecule is CC1NC2OC2C2=CN(C)CNC2(C)N1. The quantitative estimate of drug-likeness (QED) is 0.464. The lowest BCUT2D eigenvalue weighted by atomic mass is 9.97. The first-order valence-electron chi connectivity index (χ1n) is 5.45. The first kappa shape index (κ1) is 9.59. The summed E-state index contributed by atoms with van der Waals surface area (Å²) >= 11 is 0. The van der Waals surface area contributed by atoms with E-state index in [1.165, 1.54) is 5.57 Å². The molecule has 2 fully saturated rings. The van der Waals surface area contributed by atoms with Gasteiger partial charge in [0, 0.05) is 18.8 Å². The molecule has 0 aromatic carbocycles. The molecule has 15 heavy (non-hydrogen) atoms. The first-order valence-corrected chi connectivity index (χ1v) is 5.45. The molecule has 0 bridgehead atoms. The van der Waals surface area contributed by atoms with Crippen molar-refractivity contribution in [3.63, 3.8) is 0 Å². The number of hydrogen-bond donors (Lipinski definition) is 3. The van der Waals surface area contributed by atoms with E-state index in [0.717, 1.165) is 6.67 Å². The molecule has 84 valence electrons. The maximum atomic E-state index is 5.63. The van der Waals surface area contributed by atoms with Crippen LogP contribution in [0.2, 0.25) is 0 Å². The van der Waals surface area contributed by atoms with E-state index >= 15 is 0 Å². The van der Waals surface area contributed by atoms with E-state index in [4.69, 9.17) is 4.74 Å². The Kier molecular flexibility index (Phi) is 1.88. The van der Waals surface area contributed by atoms with Crippen molar-refractivity contribution in [3.05, 3.63) is 11.8 Å². The average molecular weight is 210 g/mol. The minimum absolute atomic E-state index is 0.144. The lowest BCUT2D eigenvalue weighted by molar-refractivity contribution is 0.190. The monoisotopic (exact) mass is 210 g/mol. The first-order chi connectivity index (χ1) is 7.08. The molecular weight excluding hydrogens is 192 g/mol. The van der Waals surface area contributed by atoms with E-state index in [2.05, 4.69) is 47.9 Å². The highest BCUT2D eigenvalue weighted by atomic mass is 16.6. The van der Waals surface area contributed by atoms with Gasteiger partial charge in [0.25, 0.3) is 0 Å². The van der Waals surface area contributed by atoms with Crippen LogP contribution in [0.4, 0.5) is 0 Å². The molecule has 4 unspecified atom stereocenters. The molecule has 5 nitrogen and oxygen atoms in total. The molecule has 4 atom stereocenters. The lowest BCUT2D eigenvalue weighted by Crippen LogP contribution is -2.64. The molecule has 0 aromatic heterocycles. The summed E-state index contributed by atoms with van der Waals surface area (Å²) in [6, 6.07) is 0. The molecule has 3 rings (SSSR count). The molecule has 3 N–H and O–H groups in total. The van der Waals surface area contributed by atoms with Gasteiger partial charge in [-0.3, -0.25) is 16.0 Å². The molecular formula is C10H18N4O. The molecule has 0 aromatic rings. The zero-order valence-corrected chi connectivity index (χ0v) is 9.37. The van der Waals surface area contributed by atoms with Gasteiger partial charge in [0.15, 0.2) is 0 Å². The number of epoxide rings is 1. The Bertz CT molecular complexity index is 319. The van der Waals surface area contributed by atoms with Crippen LogP contribution in [-0.2, 0) is 4.74 Å². The number of nitrogens with one attached hydrogen (secondary N) is 3. The Balaban J connectivity index is 1.96. The van der Waals surface area contributed by atoms with Crippen LogP contribution in [0.15, 0.2) is 11.8 Å². The number of ether oxygens (including phenoxy) is 1. The molecule has 2 saturated heterocycles. The van der Waals surface area contributed by atoms with Gasteiger partial charge in [-0.15, -0.1) is 0 Å². The summed E-state index contributed by atoms with van der Waals surface area (Å²) in [5.41, 5.74) is 1.15. The fourth-order valence-corrected chi connectivity index (χ4v) is 2.49. The van der Waals surface area contributed by atoms with Crippen LogP contribution in [0.5, 0.6) is 0 Å². The standard InChI is InChI=1S/C10H18N4O/c1-6-12-9-8(15-9)7-4-14(3)5-11-10(7,2)13-6/h4,6,8-9,11-13H,5H2,1-3H3. The van der Waals surface area contributed by atoms with E-state index in [1.807, 2.05) is 0 Å². The summed E-state index contributed by atoms with van der Waals surface area (Å²) in [4.78, 5) is 2.15. The van der Waals surface area contributed by atoms with E-state index in [-0.39, 0.29) is 24.2 Å². The van der Waals surface area contributed by atoms with Gasteiger partial charge in [-0.25, -0.2) is 0 Å². The molecule has 0 spiro atoms. The van der Waals surface area contributed by atoms with E-state index in [1.54, 1.807) is 0 Å². The van der Waals surface area contributed by atoms with Crippen molar-refractivity contribution in [2.24, 2.45) is 0 Å². The van der Waals surface area contributed by atoms with Crippen molar-refractivity contribution in [1.82, 2.24) is 20.9 Å². The van der Waals surface area contributed by atoms with Crippen LogP contribution in [0, 0.1) is 0 Å². The Morgan fingerprint density at radius 1 is 1.60 bits per heavy atom. The van der Waals surface area contributed by atoms with Crippen molar-refractivity contribution >= 4 is 0 Å². The third-order valence-corrected chi connectivity index (χ3v) is 3.34. The normalized spacial score (nSPS) is 48.9. The molecule has 0 saturated carbocycles. The minimum atomic E-state index is -0.144. The molecule has 3 aliphatic heterocycles. The third-order valence-electron chi connectivity index (χ3n) is 3.34. The summed E-state index contributed by atoms with van der Waals surface area (Å²) in [7, 11) is 2.07. The van der Waals surface area contributed by atoms with E-state index in [9.17, 15) is 0 Å². The summed E-state index contributed by atoms with van der Waals surface area (Å²) in [6.45, 7) is 5.15. The van der Waals surface area contributed by atoms with Crippen molar-refractivity contribution < 1.29 is 4.74 Å². The number of fused-ring (bicyclic) bond motifs is 3. The van der Waals surface area contributed by atoms with Crippen LogP contribution in [0.1, 0.15) is 13.8 Å². The van der Waals surface area contributed by atoms with Gasteiger partial charge in [-0.1, -0.05) is 0 Å². The van der Waals surface area contributed by atoms with Gasteiger partial charge in [0.05, 0.1) is 18.5 Å². The van der Waals surface area contributed by atoms with Crippen molar-refractivity contribution in [1.29, 1.82) is 0 Å². The van der Waals surface area contributed by atoms with Gasteiger partial charge in [0.2, 0.25) is 0 Å². The van der Waals surface area contributed by atoms with Gasteiger partial charge in [-0.05, 0) is 13.8 Å². The number of hydrogen-bond acceptors (Lipinski definition) is 5. The number of nitrogens with zero attached hydrogens (tertiary/aromatic N) is 1. The highest BCUT2D eigenvalue weighted by molar-refractivity contribution is 5.30. The van der Waals surface area contributed by atoms with Crippen LogP contribution < -0.4 is 16.0 Å². The predicted molar refractivity (Wildman–Crippen MR) is 56.6 cm³/mol. The zero-order valence-electron chi connectivity index (χ0n) is 9.37. The summed E-state index contributed by atoms with van der Waals surface area (Å²) < 4.78 is 5.63. The topological polar surface area (TPSA) is 51.9 Å². The second-order valence-corrected chi connectivity index (χ2v) is 4.81. The van der Waals surface area contributed by atoms with Gasteiger partial charge >= 0.3 is 0 Å². The molecule has 0 amide bonds. The molecule has 5 heteroatoms. The van der Waals surface area contributed by atoms with Crippen LogP contribution in [0.25, 0.3) is 0 Å². The van der Waals surface area contributed by atoms with E-state index in [0.29, 0.717) is 0 Å². The van der Waals surface area contributed by atoms with E-state index < -0.39 is 0 Å². The van der Waals surface area contributed by atoms with Gasteiger partial charge < -0.3 is 9.64 Å². The molecule has 3 heterocycles. The highest BCUT2D eigenvalue weighted by Gasteiger charge is 2.52. The second kappa shape index (κ2) is 2.95. The Hall–Kier alpha value is -0.620. The fourth-order valence-electron chi connectivity index (χ4n) is 2.49. The Labute approximate surface area is 89.8 Å². The zero-order chi connectivity index (χ0) is 10.6. The Morgan fingerprint density at radius 3 is 3.20 bits per heavy atom. The Morgan fingerprint density at radius 2 is 2.40 bits per heavy atom. The van der Waals surface area contributed by atoms with Crippen molar-refractivity contribution in [2.75, 3.05) is 13.7 Å². The largest absolute Gasteiger partial charge is 0.368 e. The summed E-state index contributed by atoms with van der Waals surface area (Å²) in [6.07, 6.45) is 2.86. The van der Waals surface area contributed by atoms with Crippen LogP contribution >= 0.6 is 0 Å². The summed E-state index contributed by atoms with van der Waals surface area (Å²) in [5.74, 6) is 0. The predicted octanol–water partition coefficient (Wildman–Crippen LogP) is -0.657. The minimum Gasteiger partial charge on any atom is -0.368 e. The summed E-state index contributed by atoms with van der Waals surface area (Å²) in [5, 5.41) is 10.4. The van der Waals surface area contributed by atoms with Crippen molar-refractivity contribution in [3.8, 4) is 0 Å². The fraction of sp³-hybridized carbons (Fsp3) is 0.800. The highest BCUT2D eigenvalue weighted by Crippen LogP contribution is 2.36. The number of rotatable bonds is 0. The van der Waals surface area contributed by atoms with Gasteiger partial charge in [-0.2, -0.15) is 0 Å². The lowest BCUT2D eigenvalue weighted by Gasteiger charge is -2.40.